The van der Waals surface area contributed by atoms with Gasteiger partial charge in [0.05, 0.1) is 7.11 Å². The molecule has 1 atom stereocenters. The van der Waals surface area contributed by atoms with E-state index in [1.165, 1.54) is 42.6 Å². The molecule has 118 valence electrons. The summed E-state index contributed by atoms with van der Waals surface area (Å²) in [5.74, 6) is 1.02. The highest BCUT2D eigenvalue weighted by molar-refractivity contribution is 8.00. The number of ether oxygens (including phenoxy) is 1. The fourth-order valence-electron chi connectivity index (χ4n) is 3.06. The largest absolute Gasteiger partial charge is 0.496 e. The molecule has 0 aliphatic heterocycles. The van der Waals surface area contributed by atoms with Crippen molar-refractivity contribution in [3.63, 3.8) is 0 Å². The van der Waals surface area contributed by atoms with Gasteiger partial charge >= 0.3 is 0 Å². The van der Waals surface area contributed by atoms with E-state index in [1.54, 1.807) is 7.11 Å². The summed E-state index contributed by atoms with van der Waals surface area (Å²) in [7, 11) is 1.78. The molecule has 21 heavy (non-hydrogen) atoms. The molecule has 0 aromatic heterocycles. The predicted octanol–water partition coefficient (Wildman–Crippen LogP) is 5.18. The number of rotatable bonds is 7. The molecule has 0 heterocycles. The van der Waals surface area contributed by atoms with Gasteiger partial charge in [0.2, 0.25) is 0 Å². The maximum atomic E-state index is 5.62. The first kappa shape index (κ1) is 16.7. The molecule has 0 radical (unpaired) electrons. The molecule has 1 N–H and O–H groups in total. The number of benzene rings is 1. The quantitative estimate of drug-likeness (QED) is 0.750. The number of nitrogens with one attached hydrogen (secondary N) is 1. The van der Waals surface area contributed by atoms with Gasteiger partial charge in [-0.2, -0.15) is 0 Å². The first-order valence-corrected chi connectivity index (χ1v) is 9.21. The lowest BCUT2D eigenvalue weighted by atomic mass is 10.0. The van der Waals surface area contributed by atoms with Crippen molar-refractivity contribution >= 4 is 11.8 Å². The van der Waals surface area contributed by atoms with Crippen LogP contribution in [0.1, 0.15) is 64.0 Å². The van der Waals surface area contributed by atoms with E-state index in [-0.39, 0.29) is 0 Å². The van der Waals surface area contributed by atoms with E-state index >= 15 is 0 Å². The van der Waals surface area contributed by atoms with Crippen LogP contribution in [0.5, 0.6) is 5.75 Å². The summed E-state index contributed by atoms with van der Waals surface area (Å²) in [6.45, 7) is 5.50. The molecular formula is C18H29NOS. The normalized spacial score (nSPS) is 17.7. The van der Waals surface area contributed by atoms with Gasteiger partial charge in [-0.05, 0) is 44.9 Å². The monoisotopic (exact) mass is 307 g/mol. The van der Waals surface area contributed by atoms with E-state index in [0.29, 0.717) is 6.04 Å². The number of hydrogen-bond donors (Lipinski definition) is 1. The van der Waals surface area contributed by atoms with Crippen molar-refractivity contribution in [3.8, 4) is 5.75 Å². The highest BCUT2D eigenvalue weighted by Crippen LogP contribution is 2.40. The molecule has 0 spiro atoms. The fourth-order valence-corrected chi connectivity index (χ4v) is 4.55. The van der Waals surface area contributed by atoms with E-state index in [1.807, 2.05) is 0 Å². The summed E-state index contributed by atoms with van der Waals surface area (Å²) < 4.78 is 5.62. The molecule has 0 amide bonds. The third-order valence-electron chi connectivity index (χ3n) is 4.23. The maximum absolute atomic E-state index is 5.62. The second-order valence-electron chi connectivity index (χ2n) is 5.93. The first-order valence-electron chi connectivity index (χ1n) is 8.33. The van der Waals surface area contributed by atoms with Gasteiger partial charge in [0.25, 0.3) is 0 Å². The van der Waals surface area contributed by atoms with E-state index in [0.717, 1.165) is 24.0 Å². The Kier molecular flexibility index (Phi) is 6.91. The van der Waals surface area contributed by atoms with E-state index in [2.05, 4.69) is 49.1 Å². The van der Waals surface area contributed by atoms with Gasteiger partial charge in [0, 0.05) is 21.8 Å². The van der Waals surface area contributed by atoms with Gasteiger partial charge in [-0.1, -0.05) is 32.3 Å². The molecule has 1 unspecified atom stereocenters. The molecule has 0 bridgehead atoms. The van der Waals surface area contributed by atoms with Crippen molar-refractivity contribution < 1.29 is 4.74 Å². The molecule has 2 nitrogen and oxygen atoms in total. The van der Waals surface area contributed by atoms with Crippen molar-refractivity contribution in [1.82, 2.24) is 5.32 Å². The summed E-state index contributed by atoms with van der Waals surface area (Å²) in [4.78, 5) is 1.40. The molecule has 1 aliphatic rings. The van der Waals surface area contributed by atoms with Gasteiger partial charge < -0.3 is 10.1 Å². The van der Waals surface area contributed by atoms with E-state index in [9.17, 15) is 0 Å². The molecule has 1 fully saturated rings. The zero-order valence-electron chi connectivity index (χ0n) is 13.7. The Morgan fingerprint density at radius 1 is 1.29 bits per heavy atom. The van der Waals surface area contributed by atoms with Crippen molar-refractivity contribution in [2.45, 2.75) is 68.6 Å². The lowest BCUT2D eigenvalue weighted by molar-refractivity contribution is 0.399. The van der Waals surface area contributed by atoms with Gasteiger partial charge in [-0.3, -0.25) is 0 Å². The highest BCUT2D eigenvalue weighted by Gasteiger charge is 2.20. The second kappa shape index (κ2) is 8.70. The number of methoxy groups -OCH3 is 1. The molecule has 1 aromatic rings. The number of hydrogen-bond acceptors (Lipinski definition) is 3. The molecule has 2 rings (SSSR count). The van der Waals surface area contributed by atoms with Crippen LogP contribution in [0.3, 0.4) is 0 Å². The summed E-state index contributed by atoms with van der Waals surface area (Å²) in [5, 5.41) is 4.39. The van der Waals surface area contributed by atoms with Crippen molar-refractivity contribution in [2.75, 3.05) is 13.7 Å². The van der Waals surface area contributed by atoms with Crippen LogP contribution in [0.15, 0.2) is 23.1 Å². The van der Waals surface area contributed by atoms with Crippen LogP contribution in [-0.2, 0) is 0 Å². The lowest BCUT2D eigenvalue weighted by Crippen LogP contribution is -2.21. The molecule has 1 aliphatic carbocycles. The Bertz CT molecular complexity index is 429. The van der Waals surface area contributed by atoms with Crippen LogP contribution in [0.2, 0.25) is 0 Å². The average molecular weight is 308 g/mol. The van der Waals surface area contributed by atoms with Crippen molar-refractivity contribution in [2.24, 2.45) is 0 Å². The van der Waals surface area contributed by atoms with E-state index in [4.69, 9.17) is 4.74 Å². The Labute approximate surface area is 134 Å². The highest BCUT2D eigenvalue weighted by atomic mass is 32.2. The van der Waals surface area contributed by atoms with Gasteiger partial charge in [0.1, 0.15) is 5.75 Å². The zero-order valence-corrected chi connectivity index (χ0v) is 14.5. The standard InChI is InChI=1S/C18H29NOS/c1-4-13-19-14(2)18-16(20-3)11-8-12-17(18)21-15-9-6-5-7-10-15/h8,11-12,14-15,19H,4-7,9-10,13H2,1-3H3. The third kappa shape index (κ3) is 4.65. The Morgan fingerprint density at radius 2 is 2.05 bits per heavy atom. The van der Waals surface area contributed by atoms with Crippen LogP contribution in [0.4, 0.5) is 0 Å². The second-order valence-corrected chi connectivity index (χ2v) is 7.27. The third-order valence-corrected chi connectivity index (χ3v) is 5.64. The van der Waals surface area contributed by atoms with Crippen LogP contribution in [0, 0.1) is 0 Å². The van der Waals surface area contributed by atoms with Crippen LogP contribution in [0.25, 0.3) is 0 Å². The number of thioether (sulfide) groups is 1. The van der Waals surface area contributed by atoms with Crippen LogP contribution in [-0.4, -0.2) is 18.9 Å². The minimum absolute atomic E-state index is 0.340. The SMILES string of the molecule is CCCNC(C)c1c(OC)cccc1SC1CCCCC1. The van der Waals surface area contributed by atoms with Gasteiger partial charge in [-0.15, -0.1) is 11.8 Å². The smallest absolute Gasteiger partial charge is 0.124 e. The van der Waals surface area contributed by atoms with Gasteiger partial charge in [-0.25, -0.2) is 0 Å². The predicted molar refractivity (Wildman–Crippen MR) is 92.4 cm³/mol. The lowest BCUT2D eigenvalue weighted by Gasteiger charge is -2.25. The fraction of sp³-hybridized carbons (Fsp3) is 0.667. The molecule has 0 saturated heterocycles. The Morgan fingerprint density at radius 3 is 2.71 bits per heavy atom. The van der Waals surface area contributed by atoms with Gasteiger partial charge in [0.15, 0.2) is 0 Å². The molecular weight excluding hydrogens is 278 g/mol. The summed E-state index contributed by atoms with van der Waals surface area (Å²) in [6, 6.07) is 6.82. The van der Waals surface area contributed by atoms with Crippen molar-refractivity contribution in [3.05, 3.63) is 23.8 Å². The van der Waals surface area contributed by atoms with Crippen molar-refractivity contribution in [1.29, 1.82) is 0 Å². The first-order chi connectivity index (χ1) is 10.3. The topological polar surface area (TPSA) is 21.3 Å². The summed E-state index contributed by atoms with van der Waals surface area (Å²) in [5.41, 5.74) is 1.34. The molecule has 1 saturated carbocycles. The Balaban J connectivity index is 2.17. The molecule has 3 heteroatoms. The minimum atomic E-state index is 0.340. The van der Waals surface area contributed by atoms with E-state index < -0.39 is 0 Å². The van der Waals surface area contributed by atoms with Crippen LogP contribution < -0.4 is 10.1 Å². The summed E-state index contributed by atoms with van der Waals surface area (Å²) >= 11 is 2.06. The minimum Gasteiger partial charge on any atom is -0.496 e. The maximum Gasteiger partial charge on any atom is 0.124 e. The zero-order chi connectivity index (χ0) is 15.1. The average Bonchev–Trinajstić information content (AvgIpc) is 2.53. The Hall–Kier alpha value is -0.670. The van der Waals surface area contributed by atoms with Crippen LogP contribution >= 0.6 is 11.8 Å². The summed E-state index contributed by atoms with van der Waals surface area (Å²) in [6.07, 6.45) is 8.07. The molecule has 1 aromatic carbocycles.